The van der Waals surface area contributed by atoms with Gasteiger partial charge in [-0.2, -0.15) is 10.5 Å². The van der Waals surface area contributed by atoms with Crippen LogP contribution in [0.5, 0.6) is 11.5 Å². The first-order valence-electron chi connectivity index (χ1n) is 4.42. The predicted molar refractivity (Wildman–Crippen MR) is 62.3 cm³/mol. The van der Waals surface area contributed by atoms with Gasteiger partial charge in [0.05, 0.1) is 0 Å². The maximum Gasteiger partial charge on any atom is 0.173 e. The number of pyridine rings is 2. The highest BCUT2D eigenvalue weighted by Crippen LogP contribution is 2.36. The first-order chi connectivity index (χ1) is 8.51. The molecule has 0 aliphatic heterocycles. The summed E-state index contributed by atoms with van der Waals surface area (Å²) < 4.78 is 0. The van der Waals surface area contributed by atoms with Crippen LogP contribution in [0.4, 0.5) is 0 Å². The summed E-state index contributed by atoms with van der Waals surface area (Å²) in [5.41, 5.74) is -0.718. The molecule has 0 saturated carbocycles. The molecule has 2 rings (SSSR count). The van der Waals surface area contributed by atoms with Gasteiger partial charge in [0.25, 0.3) is 0 Å². The Morgan fingerprint density at radius 3 is 1.44 bits per heavy atom. The van der Waals surface area contributed by atoms with Crippen molar-refractivity contribution >= 4 is 34.2 Å². The molecule has 0 saturated heterocycles. The Morgan fingerprint density at radius 1 is 0.833 bits per heavy atom. The van der Waals surface area contributed by atoms with Crippen LogP contribution in [-0.4, -0.2) is 20.2 Å². The fourth-order valence-electron chi connectivity index (χ4n) is 1.40. The third-order valence-electron chi connectivity index (χ3n) is 2.21. The van der Waals surface area contributed by atoms with Crippen molar-refractivity contribution in [3.63, 3.8) is 0 Å². The summed E-state index contributed by atoms with van der Waals surface area (Å²) in [4.78, 5) is 7.43. The van der Waals surface area contributed by atoms with E-state index in [2.05, 4.69) is 9.97 Å². The Morgan fingerprint density at radius 2 is 1.17 bits per heavy atom. The van der Waals surface area contributed by atoms with Crippen molar-refractivity contribution in [2.45, 2.75) is 0 Å². The van der Waals surface area contributed by atoms with E-state index in [4.69, 9.17) is 33.7 Å². The van der Waals surface area contributed by atoms with Gasteiger partial charge in [-0.3, -0.25) is 0 Å². The zero-order valence-electron chi connectivity index (χ0n) is 8.44. The quantitative estimate of drug-likeness (QED) is 0.714. The molecule has 0 radical (unpaired) electrons. The van der Waals surface area contributed by atoms with Gasteiger partial charge in [-0.1, -0.05) is 23.2 Å². The maximum atomic E-state index is 9.57. The van der Waals surface area contributed by atoms with Crippen LogP contribution in [0.25, 0.3) is 11.0 Å². The lowest BCUT2D eigenvalue weighted by atomic mass is 10.1. The SMILES string of the molecule is N#Cc1c(O)c(Cl)nc2c(C#N)c(O)c(Cl)nc12. The van der Waals surface area contributed by atoms with Crippen LogP contribution < -0.4 is 0 Å². The van der Waals surface area contributed by atoms with Crippen LogP contribution in [-0.2, 0) is 0 Å². The van der Waals surface area contributed by atoms with Crippen LogP contribution in [0.1, 0.15) is 11.1 Å². The van der Waals surface area contributed by atoms with Crippen molar-refractivity contribution < 1.29 is 10.2 Å². The molecule has 0 atom stereocenters. The Hall–Kier alpha value is -2.28. The molecule has 0 bridgehead atoms. The molecule has 0 fully saturated rings. The summed E-state index contributed by atoms with van der Waals surface area (Å²) in [5.74, 6) is -1.10. The average Bonchev–Trinajstić information content (AvgIpc) is 2.34. The molecule has 0 aliphatic rings. The topological polar surface area (TPSA) is 114 Å². The molecule has 0 amide bonds. The van der Waals surface area contributed by atoms with Gasteiger partial charge in [0.2, 0.25) is 0 Å². The molecule has 6 nitrogen and oxygen atoms in total. The van der Waals surface area contributed by atoms with E-state index < -0.39 is 11.5 Å². The van der Waals surface area contributed by atoms with Gasteiger partial charge in [-0.05, 0) is 0 Å². The van der Waals surface area contributed by atoms with Crippen molar-refractivity contribution in [3.8, 4) is 23.6 Å². The van der Waals surface area contributed by atoms with Crippen molar-refractivity contribution in [2.24, 2.45) is 0 Å². The second-order valence-electron chi connectivity index (χ2n) is 3.17. The fraction of sp³-hybridized carbons (Fsp3) is 0. The second kappa shape index (κ2) is 4.19. The summed E-state index contributed by atoms with van der Waals surface area (Å²) >= 11 is 11.3. The number of nitrogens with zero attached hydrogens (tertiary/aromatic N) is 4. The number of fused-ring (bicyclic) bond motifs is 1. The number of halogens is 2. The van der Waals surface area contributed by atoms with Crippen LogP contribution in [0.2, 0.25) is 10.3 Å². The number of nitriles is 2. The first-order valence-corrected chi connectivity index (χ1v) is 5.17. The minimum absolute atomic E-state index is 0.0984. The van der Waals surface area contributed by atoms with Crippen LogP contribution >= 0.6 is 23.2 Å². The van der Waals surface area contributed by atoms with Gasteiger partial charge in [-0.15, -0.1) is 0 Å². The van der Waals surface area contributed by atoms with E-state index in [0.29, 0.717) is 0 Å². The van der Waals surface area contributed by atoms with Crippen molar-refractivity contribution in [1.29, 1.82) is 10.5 Å². The monoisotopic (exact) mass is 280 g/mol. The highest BCUT2D eigenvalue weighted by Gasteiger charge is 2.21. The second-order valence-corrected chi connectivity index (χ2v) is 3.89. The fourth-order valence-corrected chi connectivity index (χ4v) is 1.76. The lowest BCUT2D eigenvalue weighted by Gasteiger charge is -2.07. The lowest BCUT2D eigenvalue weighted by molar-refractivity contribution is 0.469. The van der Waals surface area contributed by atoms with Crippen molar-refractivity contribution in [2.75, 3.05) is 0 Å². The summed E-state index contributed by atoms with van der Waals surface area (Å²) in [6.07, 6.45) is 0. The van der Waals surface area contributed by atoms with Crippen LogP contribution in [0.3, 0.4) is 0 Å². The highest BCUT2D eigenvalue weighted by molar-refractivity contribution is 6.32. The number of aromatic nitrogens is 2. The van der Waals surface area contributed by atoms with E-state index in [1.54, 1.807) is 12.1 Å². The third-order valence-corrected chi connectivity index (χ3v) is 2.73. The van der Waals surface area contributed by atoms with E-state index in [-0.39, 0.29) is 32.5 Å². The van der Waals surface area contributed by atoms with Gasteiger partial charge < -0.3 is 10.2 Å². The van der Waals surface area contributed by atoms with Crippen molar-refractivity contribution in [1.82, 2.24) is 9.97 Å². The summed E-state index contributed by atoms with van der Waals surface area (Å²) in [5, 5.41) is 36.3. The van der Waals surface area contributed by atoms with Gasteiger partial charge in [0.15, 0.2) is 21.8 Å². The van der Waals surface area contributed by atoms with E-state index in [1.807, 2.05) is 0 Å². The first kappa shape index (κ1) is 12.2. The number of aromatic hydroxyl groups is 2. The molecule has 0 unspecified atom stereocenters. The third kappa shape index (κ3) is 1.56. The Balaban J connectivity index is 3.13. The van der Waals surface area contributed by atoms with Gasteiger partial charge in [-0.25, -0.2) is 9.97 Å². The number of hydrogen-bond acceptors (Lipinski definition) is 6. The minimum Gasteiger partial charge on any atom is -0.504 e. The van der Waals surface area contributed by atoms with E-state index in [0.717, 1.165) is 0 Å². The maximum absolute atomic E-state index is 9.57. The summed E-state index contributed by atoms with van der Waals surface area (Å²) in [7, 11) is 0. The predicted octanol–water partition coefficient (Wildman–Crippen LogP) is 2.09. The zero-order chi connectivity index (χ0) is 13.4. The molecule has 8 heteroatoms. The summed E-state index contributed by atoms with van der Waals surface area (Å²) in [6, 6.07) is 3.38. The van der Waals surface area contributed by atoms with Crippen LogP contribution in [0.15, 0.2) is 0 Å². The molecule has 2 aromatic heterocycles. The van der Waals surface area contributed by atoms with E-state index in [9.17, 15) is 10.2 Å². The normalized spacial score (nSPS) is 10.0. The van der Waals surface area contributed by atoms with Crippen molar-refractivity contribution in [3.05, 3.63) is 21.4 Å². The molecular formula is C10H2Cl2N4O2. The Bertz CT molecular complexity index is 696. The highest BCUT2D eigenvalue weighted by atomic mass is 35.5. The lowest BCUT2D eigenvalue weighted by Crippen LogP contribution is -1.95. The van der Waals surface area contributed by atoms with Gasteiger partial charge >= 0.3 is 0 Å². The molecule has 18 heavy (non-hydrogen) atoms. The Labute approximate surface area is 110 Å². The molecular weight excluding hydrogens is 279 g/mol. The molecule has 0 aliphatic carbocycles. The molecule has 0 aromatic carbocycles. The number of hydrogen-bond donors (Lipinski definition) is 2. The Kier molecular flexibility index (Phi) is 2.84. The molecule has 2 N–H and O–H groups in total. The standard InChI is InChI=1S/C10H2Cl2N4O2/c11-9-7(17)3(1-13)5-6(16-9)4(2-14)8(18)10(12)15-5/h17-18H. The van der Waals surface area contributed by atoms with Gasteiger partial charge in [0.1, 0.15) is 34.3 Å². The smallest absolute Gasteiger partial charge is 0.173 e. The summed E-state index contributed by atoms with van der Waals surface area (Å²) in [6.45, 7) is 0. The number of rotatable bonds is 0. The molecule has 2 aromatic rings. The van der Waals surface area contributed by atoms with E-state index in [1.165, 1.54) is 0 Å². The zero-order valence-corrected chi connectivity index (χ0v) is 9.95. The molecule has 2 heterocycles. The molecule has 88 valence electrons. The van der Waals surface area contributed by atoms with E-state index >= 15 is 0 Å². The molecule has 0 spiro atoms. The van der Waals surface area contributed by atoms with Gasteiger partial charge in [0, 0.05) is 0 Å². The average molecular weight is 281 g/mol. The van der Waals surface area contributed by atoms with Crippen LogP contribution in [0, 0.1) is 22.7 Å². The minimum atomic E-state index is -0.551. The largest absolute Gasteiger partial charge is 0.504 e.